The van der Waals surface area contributed by atoms with Crippen molar-refractivity contribution in [1.29, 1.82) is 0 Å². The largest absolute Gasteiger partial charge is 0.396 e. The van der Waals surface area contributed by atoms with Gasteiger partial charge < -0.3 is 10.8 Å². The highest BCUT2D eigenvalue weighted by Crippen LogP contribution is 2.61. The van der Waals surface area contributed by atoms with Crippen molar-refractivity contribution in [1.82, 2.24) is 0 Å². The van der Waals surface area contributed by atoms with Gasteiger partial charge in [-0.2, -0.15) is 0 Å². The van der Waals surface area contributed by atoms with E-state index in [0.717, 1.165) is 6.42 Å². The minimum Gasteiger partial charge on any atom is -0.396 e. The number of hydrogen-bond donors (Lipinski definition) is 2. The first-order valence-corrected chi connectivity index (χ1v) is 4.17. The van der Waals surface area contributed by atoms with E-state index in [1.807, 2.05) is 13.8 Å². The highest BCUT2D eigenvalue weighted by Gasteiger charge is 2.65. The van der Waals surface area contributed by atoms with Crippen molar-refractivity contribution in [2.24, 2.45) is 16.6 Å². The van der Waals surface area contributed by atoms with E-state index in [9.17, 15) is 0 Å². The van der Waals surface area contributed by atoms with E-state index in [1.165, 1.54) is 0 Å². The average Bonchev–Trinajstić information content (AvgIpc) is 2.35. The molecule has 0 aromatic heterocycles. The molecule has 2 heteroatoms. The second-order valence-electron chi connectivity index (χ2n) is 5.07. The maximum atomic E-state index is 9.12. The summed E-state index contributed by atoms with van der Waals surface area (Å²) in [5, 5.41) is 9.12. The molecule has 66 valence electrons. The molecular weight excluding hydrogens is 138 g/mol. The van der Waals surface area contributed by atoms with Gasteiger partial charge in [-0.05, 0) is 11.8 Å². The van der Waals surface area contributed by atoms with Gasteiger partial charge in [-0.15, -0.1) is 0 Å². The fourth-order valence-corrected chi connectivity index (χ4v) is 1.95. The third-order valence-corrected chi connectivity index (χ3v) is 3.41. The predicted octanol–water partition coefficient (Wildman–Crippen LogP) is 1.13. The molecule has 0 aromatic rings. The quantitative estimate of drug-likeness (QED) is 0.631. The molecule has 2 nitrogen and oxygen atoms in total. The minimum absolute atomic E-state index is 0.142. The Morgan fingerprint density at radius 2 is 1.82 bits per heavy atom. The van der Waals surface area contributed by atoms with Gasteiger partial charge in [-0.3, -0.25) is 0 Å². The number of aliphatic hydroxyl groups is 1. The van der Waals surface area contributed by atoms with Crippen LogP contribution in [-0.4, -0.2) is 17.3 Å². The lowest BCUT2D eigenvalue weighted by Gasteiger charge is -2.32. The molecule has 1 aliphatic rings. The second-order valence-corrected chi connectivity index (χ2v) is 5.07. The average molecular weight is 157 g/mol. The zero-order valence-corrected chi connectivity index (χ0v) is 7.94. The van der Waals surface area contributed by atoms with Crippen LogP contribution in [0, 0.1) is 10.8 Å². The summed E-state index contributed by atoms with van der Waals surface area (Å²) in [6.45, 7) is 8.55. The maximum Gasteiger partial charge on any atom is 0.0499 e. The minimum atomic E-state index is -0.158. The Kier molecular flexibility index (Phi) is 1.63. The van der Waals surface area contributed by atoms with Crippen molar-refractivity contribution in [3.63, 3.8) is 0 Å². The van der Waals surface area contributed by atoms with Gasteiger partial charge in [-0.1, -0.05) is 27.7 Å². The normalized spacial score (nSPS) is 35.5. The third-order valence-electron chi connectivity index (χ3n) is 3.41. The first kappa shape index (κ1) is 9.01. The summed E-state index contributed by atoms with van der Waals surface area (Å²) in [6.07, 6.45) is 1.02. The molecule has 3 N–H and O–H groups in total. The topological polar surface area (TPSA) is 46.2 Å². The van der Waals surface area contributed by atoms with Gasteiger partial charge in [0.15, 0.2) is 0 Å². The molecule has 11 heavy (non-hydrogen) atoms. The Bertz CT molecular complexity index is 174. The molecule has 1 saturated carbocycles. The molecule has 1 atom stereocenters. The van der Waals surface area contributed by atoms with Gasteiger partial charge in [0.25, 0.3) is 0 Å². The number of aliphatic hydroxyl groups excluding tert-OH is 1. The lowest BCUT2D eigenvalue weighted by atomic mass is 9.79. The van der Waals surface area contributed by atoms with Crippen LogP contribution in [-0.2, 0) is 0 Å². The van der Waals surface area contributed by atoms with E-state index in [-0.39, 0.29) is 23.0 Å². The first-order chi connectivity index (χ1) is 4.77. The lowest BCUT2D eigenvalue weighted by Crippen LogP contribution is -2.46. The molecule has 0 spiro atoms. The number of hydrogen-bond acceptors (Lipinski definition) is 2. The Balaban J connectivity index is 2.78. The number of rotatable bonds is 2. The molecule has 0 bridgehead atoms. The van der Waals surface area contributed by atoms with Gasteiger partial charge in [-0.25, -0.2) is 0 Å². The highest BCUT2D eigenvalue weighted by molar-refractivity contribution is 5.21. The summed E-state index contributed by atoms with van der Waals surface area (Å²) >= 11 is 0. The molecule has 0 radical (unpaired) electrons. The zero-order chi connectivity index (χ0) is 8.91. The highest BCUT2D eigenvalue weighted by atomic mass is 16.3. The van der Waals surface area contributed by atoms with Gasteiger partial charge in [0.1, 0.15) is 0 Å². The van der Waals surface area contributed by atoms with Crippen LogP contribution in [0.15, 0.2) is 0 Å². The summed E-state index contributed by atoms with van der Waals surface area (Å²) < 4.78 is 0. The molecular formula is C9H19NO. The van der Waals surface area contributed by atoms with Crippen molar-refractivity contribution in [3.8, 4) is 0 Å². The van der Waals surface area contributed by atoms with E-state index in [1.54, 1.807) is 0 Å². The van der Waals surface area contributed by atoms with Crippen molar-refractivity contribution in [2.75, 3.05) is 6.61 Å². The second kappa shape index (κ2) is 1.99. The molecule has 1 aliphatic carbocycles. The predicted molar refractivity (Wildman–Crippen MR) is 46.2 cm³/mol. The molecule has 0 heterocycles. The Labute approximate surface area is 68.8 Å². The monoisotopic (exact) mass is 157 g/mol. The van der Waals surface area contributed by atoms with Crippen LogP contribution in [0.4, 0.5) is 0 Å². The van der Waals surface area contributed by atoms with Crippen LogP contribution in [0.2, 0.25) is 0 Å². The van der Waals surface area contributed by atoms with E-state index in [0.29, 0.717) is 0 Å². The molecule has 1 rings (SSSR count). The first-order valence-electron chi connectivity index (χ1n) is 4.17. The fourth-order valence-electron chi connectivity index (χ4n) is 1.95. The molecule has 0 aromatic carbocycles. The molecule has 0 saturated heterocycles. The van der Waals surface area contributed by atoms with E-state index in [4.69, 9.17) is 10.8 Å². The SMILES string of the molecule is CC(C)(CO)C1(N)CC1(C)C. The van der Waals surface area contributed by atoms with E-state index < -0.39 is 0 Å². The van der Waals surface area contributed by atoms with Crippen LogP contribution >= 0.6 is 0 Å². The summed E-state index contributed by atoms with van der Waals surface area (Å²) in [6, 6.07) is 0. The Morgan fingerprint density at radius 3 is 1.91 bits per heavy atom. The molecule has 0 aliphatic heterocycles. The van der Waals surface area contributed by atoms with Gasteiger partial charge in [0, 0.05) is 17.6 Å². The Hall–Kier alpha value is -0.0800. The zero-order valence-electron chi connectivity index (χ0n) is 7.94. The summed E-state index contributed by atoms with van der Waals surface area (Å²) in [5.74, 6) is 0. The standard InChI is InChI=1S/C9H19NO/c1-7(2)5-9(7,10)8(3,4)6-11/h11H,5-6,10H2,1-4H3. The van der Waals surface area contributed by atoms with Crippen LogP contribution < -0.4 is 5.73 Å². The third kappa shape index (κ3) is 1.00. The molecule has 1 unspecified atom stereocenters. The van der Waals surface area contributed by atoms with Crippen molar-refractivity contribution < 1.29 is 5.11 Å². The summed E-state index contributed by atoms with van der Waals surface area (Å²) in [4.78, 5) is 0. The van der Waals surface area contributed by atoms with Gasteiger partial charge in [0.05, 0.1) is 0 Å². The number of nitrogens with two attached hydrogens (primary N) is 1. The van der Waals surface area contributed by atoms with E-state index >= 15 is 0 Å². The maximum absolute atomic E-state index is 9.12. The van der Waals surface area contributed by atoms with Crippen LogP contribution in [0.25, 0.3) is 0 Å². The molecule has 0 amide bonds. The van der Waals surface area contributed by atoms with Crippen molar-refractivity contribution in [3.05, 3.63) is 0 Å². The van der Waals surface area contributed by atoms with Crippen LogP contribution in [0.5, 0.6) is 0 Å². The summed E-state index contributed by atoms with van der Waals surface area (Å²) in [7, 11) is 0. The van der Waals surface area contributed by atoms with Gasteiger partial charge in [0.2, 0.25) is 0 Å². The van der Waals surface area contributed by atoms with Crippen LogP contribution in [0.1, 0.15) is 34.1 Å². The van der Waals surface area contributed by atoms with Crippen molar-refractivity contribution in [2.45, 2.75) is 39.7 Å². The van der Waals surface area contributed by atoms with E-state index in [2.05, 4.69) is 13.8 Å². The smallest absolute Gasteiger partial charge is 0.0499 e. The van der Waals surface area contributed by atoms with Gasteiger partial charge >= 0.3 is 0 Å². The Morgan fingerprint density at radius 1 is 1.45 bits per heavy atom. The van der Waals surface area contributed by atoms with Crippen LogP contribution in [0.3, 0.4) is 0 Å². The molecule has 1 fully saturated rings. The van der Waals surface area contributed by atoms with Crippen molar-refractivity contribution >= 4 is 0 Å². The lowest BCUT2D eigenvalue weighted by molar-refractivity contribution is 0.106. The fraction of sp³-hybridized carbons (Fsp3) is 1.00. The summed E-state index contributed by atoms with van der Waals surface area (Å²) in [5.41, 5.74) is 6.06.